The van der Waals surface area contributed by atoms with Gasteiger partial charge in [-0.05, 0) is 18.6 Å². The number of carbonyl (C=O) groups is 1. The van der Waals surface area contributed by atoms with E-state index in [0.717, 1.165) is 18.7 Å². The van der Waals surface area contributed by atoms with Gasteiger partial charge in [0, 0.05) is 34.5 Å². The first-order valence-electron chi connectivity index (χ1n) is 9.20. The molecule has 1 N–H and O–H groups in total. The highest BCUT2D eigenvalue weighted by Crippen LogP contribution is 2.41. The zero-order valence-corrected chi connectivity index (χ0v) is 17.5. The molecule has 28 heavy (non-hydrogen) atoms. The van der Waals surface area contributed by atoms with Crippen molar-refractivity contribution >= 4 is 29.0 Å². The summed E-state index contributed by atoms with van der Waals surface area (Å²) in [6, 6.07) is 11.7. The Morgan fingerprint density at radius 1 is 1.14 bits per heavy atom. The number of rotatable bonds is 7. The summed E-state index contributed by atoms with van der Waals surface area (Å²) in [7, 11) is 4.65. The van der Waals surface area contributed by atoms with Crippen LogP contribution in [0, 0.1) is 0 Å². The first-order valence-corrected chi connectivity index (χ1v) is 10.1. The number of nitrogens with zero attached hydrogens (tertiary/aromatic N) is 1. The van der Waals surface area contributed by atoms with E-state index in [4.69, 9.17) is 14.2 Å². The maximum atomic E-state index is 12.8. The Balaban J connectivity index is 1.77. The molecule has 0 aromatic heterocycles. The molecule has 1 aliphatic rings. The van der Waals surface area contributed by atoms with Crippen molar-refractivity contribution in [1.29, 1.82) is 0 Å². The number of thioether (sulfide) groups is 1. The molecule has 0 radical (unpaired) electrons. The number of ether oxygens (including phenoxy) is 3. The van der Waals surface area contributed by atoms with E-state index in [1.165, 1.54) is 4.90 Å². The Morgan fingerprint density at radius 3 is 2.43 bits per heavy atom. The summed E-state index contributed by atoms with van der Waals surface area (Å²) in [4.78, 5) is 16.1. The van der Waals surface area contributed by atoms with Gasteiger partial charge in [-0.1, -0.05) is 19.1 Å². The molecule has 0 saturated heterocycles. The Hall–Kier alpha value is -2.54. The summed E-state index contributed by atoms with van der Waals surface area (Å²) < 4.78 is 16.0. The van der Waals surface area contributed by atoms with Crippen molar-refractivity contribution in [2.24, 2.45) is 0 Å². The minimum atomic E-state index is -0.0918. The minimum absolute atomic E-state index is 0.0918. The second kappa shape index (κ2) is 9.10. The van der Waals surface area contributed by atoms with Gasteiger partial charge < -0.3 is 24.4 Å². The summed E-state index contributed by atoms with van der Waals surface area (Å²) in [6.07, 6.45) is 1.06. The molecule has 0 bridgehead atoms. The van der Waals surface area contributed by atoms with Gasteiger partial charge in [0.25, 0.3) is 0 Å². The highest BCUT2D eigenvalue weighted by atomic mass is 32.2. The molecule has 7 heteroatoms. The van der Waals surface area contributed by atoms with E-state index in [-0.39, 0.29) is 12.5 Å². The van der Waals surface area contributed by atoms with Crippen LogP contribution in [0.25, 0.3) is 0 Å². The van der Waals surface area contributed by atoms with Gasteiger partial charge in [-0.25, -0.2) is 0 Å². The molecule has 1 amide bonds. The molecule has 1 aliphatic heterocycles. The molecule has 2 aromatic rings. The highest BCUT2D eigenvalue weighted by Gasteiger charge is 2.25. The van der Waals surface area contributed by atoms with E-state index in [1.54, 1.807) is 33.5 Å². The molecular formula is C21H26N2O4S. The lowest BCUT2D eigenvalue weighted by atomic mass is 10.2. The van der Waals surface area contributed by atoms with Crippen LogP contribution in [0.5, 0.6) is 17.2 Å². The average Bonchev–Trinajstić information content (AvgIpc) is 2.72. The Kier molecular flexibility index (Phi) is 6.57. The van der Waals surface area contributed by atoms with Gasteiger partial charge >= 0.3 is 0 Å². The molecule has 1 unspecified atom stereocenters. The SMILES string of the molecule is CCC1CN(CC(=O)Nc2cc(OC)c(OC)c(OC)c2)c2ccccc2S1. The van der Waals surface area contributed by atoms with Gasteiger partial charge in [-0.2, -0.15) is 0 Å². The van der Waals surface area contributed by atoms with E-state index < -0.39 is 0 Å². The number of amides is 1. The third-order valence-corrected chi connectivity index (χ3v) is 6.08. The van der Waals surface area contributed by atoms with Crippen LogP contribution in [0.2, 0.25) is 0 Å². The van der Waals surface area contributed by atoms with Gasteiger partial charge in [0.2, 0.25) is 11.7 Å². The van der Waals surface area contributed by atoms with Gasteiger partial charge in [0.1, 0.15) is 0 Å². The lowest BCUT2D eigenvalue weighted by Gasteiger charge is -2.34. The summed E-state index contributed by atoms with van der Waals surface area (Å²) in [6.45, 7) is 3.31. The number of para-hydroxylation sites is 1. The first-order chi connectivity index (χ1) is 13.6. The smallest absolute Gasteiger partial charge is 0.243 e. The number of methoxy groups -OCH3 is 3. The van der Waals surface area contributed by atoms with Crippen LogP contribution in [0.4, 0.5) is 11.4 Å². The van der Waals surface area contributed by atoms with Crippen molar-refractivity contribution in [1.82, 2.24) is 0 Å². The summed E-state index contributed by atoms with van der Waals surface area (Å²) >= 11 is 1.89. The Labute approximate surface area is 170 Å². The topological polar surface area (TPSA) is 60.0 Å². The average molecular weight is 403 g/mol. The van der Waals surface area contributed by atoms with Gasteiger partial charge in [-0.3, -0.25) is 4.79 Å². The quantitative estimate of drug-likeness (QED) is 0.754. The third-order valence-electron chi connectivity index (χ3n) is 4.66. The number of carbonyl (C=O) groups excluding carboxylic acids is 1. The van der Waals surface area contributed by atoms with Crippen molar-refractivity contribution < 1.29 is 19.0 Å². The fourth-order valence-corrected chi connectivity index (χ4v) is 4.52. The van der Waals surface area contributed by atoms with E-state index in [2.05, 4.69) is 29.3 Å². The molecule has 0 fully saturated rings. The van der Waals surface area contributed by atoms with Gasteiger partial charge in [0.15, 0.2) is 11.5 Å². The maximum Gasteiger partial charge on any atom is 0.243 e. The standard InChI is InChI=1S/C21H26N2O4S/c1-5-15-12-23(16-8-6-7-9-19(16)28-15)13-20(24)22-14-10-17(25-2)21(27-4)18(11-14)26-3/h6-11,15H,5,12-13H2,1-4H3,(H,22,24). The lowest BCUT2D eigenvalue weighted by molar-refractivity contribution is -0.115. The number of hydrogen-bond donors (Lipinski definition) is 1. The molecule has 0 saturated carbocycles. The van der Waals surface area contributed by atoms with E-state index >= 15 is 0 Å². The van der Waals surface area contributed by atoms with E-state index in [9.17, 15) is 4.79 Å². The molecule has 2 aromatic carbocycles. The normalized spacial score (nSPS) is 15.6. The van der Waals surface area contributed by atoms with Crippen LogP contribution in [-0.2, 0) is 4.79 Å². The highest BCUT2D eigenvalue weighted by molar-refractivity contribution is 8.00. The summed E-state index contributed by atoms with van der Waals surface area (Å²) in [5.41, 5.74) is 1.71. The molecule has 6 nitrogen and oxygen atoms in total. The molecule has 1 heterocycles. The summed E-state index contributed by atoms with van der Waals surface area (Å²) in [5, 5.41) is 3.43. The first kappa shape index (κ1) is 20.2. The van der Waals surface area contributed by atoms with Crippen LogP contribution in [-0.4, -0.2) is 45.6 Å². The van der Waals surface area contributed by atoms with Crippen molar-refractivity contribution in [3.63, 3.8) is 0 Å². The molecule has 150 valence electrons. The Morgan fingerprint density at radius 2 is 1.82 bits per heavy atom. The zero-order chi connectivity index (χ0) is 20.1. The van der Waals surface area contributed by atoms with Crippen molar-refractivity contribution in [2.45, 2.75) is 23.5 Å². The van der Waals surface area contributed by atoms with Crippen LogP contribution < -0.4 is 24.4 Å². The largest absolute Gasteiger partial charge is 0.493 e. The molecular weight excluding hydrogens is 376 g/mol. The minimum Gasteiger partial charge on any atom is -0.493 e. The number of fused-ring (bicyclic) bond motifs is 1. The molecule has 3 rings (SSSR count). The van der Waals surface area contributed by atoms with Gasteiger partial charge in [-0.15, -0.1) is 11.8 Å². The fraction of sp³-hybridized carbons (Fsp3) is 0.381. The van der Waals surface area contributed by atoms with Crippen molar-refractivity contribution in [3.05, 3.63) is 36.4 Å². The van der Waals surface area contributed by atoms with Crippen molar-refractivity contribution in [2.75, 3.05) is 44.6 Å². The number of benzene rings is 2. The monoisotopic (exact) mass is 402 g/mol. The van der Waals surface area contributed by atoms with Crippen LogP contribution in [0.3, 0.4) is 0 Å². The molecule has 0 spiro atoms. The second-order valence-corrected chi connectivity index (χ2v) is 7.80. The van der Waals surface area contributed by atoms with Crippen molar-refractivity contribution in [3.8, 4) is 17.2 Å². The number of anilines is 2. The maximum absolute atomic E-state index is 12.8. The molecule has 0 aliphatic carbocycles. The lowest BCUT2D eigenvalue weighted by Crippen LogP contribution is -2.40. The number of hydrogen-bond acceptors (Lipinski definition) is 6. The summed E-state index contributed by atoms with van der Waals surface area (Å²) in [5.74, 6) is 1.41. The predicted octanol–water partition coefficient (Wildman–Crippen LogP) is 4.04. The van der Waals surface area contributed by atoms with E-state index in [0.29, 0.717) is 28.2 Å². The van der Waals surface area contributed by atoms with Crippen LogP contribution in [0.15, 0.2) is 41.3 Å². The van der Waals surface area contributed by atoms with Gasteiger partial charge in [0.05, 0.1) is 33.6 Å². The fourth-order valence-electron chi connectivity index (χ4n) is 3.27. The molecule has 1 atom stereocenters. The number of nitrogens with one attached hydrogen (secondary N) is 1. The second-order valence-electron chi connectivity index (χ2n) is 6.46. The third kappa shape index (κ3) is 4.30. The van der Waals surface area contributed by atoms with E-state index in [1.807, 2.05) is 23.9 Å². The predicted molar refractivity (Wildman–Crippen MR) is 113 cm³/mol. The van der Waals surface area contributed by atoms with Crippen LogP contribution >= 0.6 is 11.8 Å². The van der Waals surface area contributed by atoms with Crippen LogP contribution in [0.1, 0.15) is 13.3 Å². The zero-order valence-electron chi connectivity index (χ0n) is 16.7. The Bertz CT molecular complexity index is 818.